The summed E-state index contributed by atoms with van der Waals surface area (Å²) in [6.07, 6.45) is 0. The minimum absolute atomic E-state index is 0.181. The van der Waals surface area contributed by atoms with Gasteiger partial charge in [0.15, 0.2) is 0 Å². The molecule has 10 rings (SSSR count). The summed E-state index contributed by atoms with van der Waals surface area (Å²) in [5.41, 5.74) is -13.7. The summed E-state index contributed by atoms with van der Waals surface area (Å²) < 4.78 is 233. The highest BCUT2D eigenvalue weighted by Crippen LogP contribution is 2.55. The van der Waals surface area contributed by atoms with Gasteiger partial charge in [-0.25, -0.2) is 0 Å². The molecule has 0 saturated carbocycles. The zero-order valence-corrected chi connectivity index (χ0v) is 25.8. The van der Waals surface area contributed by atoms with Gasteiger partial charge in [-0.3, -0.25) is 0 Å². The first kappa shape index (κ1) is 13.5. The van der Waals surface area contributed by atoms with E-state index in [4.69, 9.17) is 29.1 Å². The molecule has 2 aliphatic carbocycles. The molecule has 0 atom stereocenters. The van der Waals surface area contributed by atoms with Gasteiger partial charge in [-0.1, -0.05) is 142 Å². The minimum atomic E-state index is -3.75. The number of fused-ring (bicyclic) bond motifs is 9. The molecule has 8 aromatic rings. The molecule has 1 heterocycles. The number of hydrogen-bond donors (Lipinski definition) is 0. The van der Waals surface area contributed by atoms with Crippen LogP contribution in [0.5, 0.6) is 0 Å². The third-order valence-corrected chi connectivity index (χ3v) is 9.41. The van der Waals surface area contributed by atoms with Crippen LogP contribution in [0.2, 0.25) is 0 Å². The van der Waals surface area contributed by atoms with Crippen LogP contribution in [0.15, 0.2) is 156 Å². The second-order valence-electron chi connectivity index (χ2n) is 12.2. The van der Waals surface area contributed by atoms with Crippen molar-refractivity contribution in [1.29, 1.82) is 0 Å². The van der Waals surface area contributed by atoms with Crippen molar-refractivity contribution in [3.8, 4) is 33.4 Å². The van der Waals surface area contributed by atoms with Gasteiger partial charge < -0.3 is 9.32 Å². The highest BCUT2D eigenvalue weighted by atomic mass is 16.3. The minimum Gasteiger partial charge on any atom is -0.455 e. The highest BCUT2D eigenvalue weighted by molar-refractivity contribution is 6.09. The van der Waals surface area contributed by atoms with Crippen LogP contribution < -0.4 is 4.90 Å². The fraction of sp³-hybridized carbons (Fsp3) is 0.125. The Morgan fingerprint density at radius 1 is 0.540 bits per heavy atom. The quantitative estimate of drug-likeness (QED) is 0.186. The highest BCUT2D eigenvalue weighted by Gasteiger charge is 2.39. The maximum Gasteiger partial charge on any atom is 0.143 e. The Bertz CT molecular complexity index is 3790. The third-order valence-electron chi connectivity index (χ3n) is 9.41. The van der Waals surface area contributed by atoms with E-state index >= 15 is 0 Å². The largest absolute Gasteiger partial charge is 0.455 e. The van der Waals surface area contributed by atoms with E-state index in [1.807, 2.05) is 6.07 Å². The van der Waals surface area contributed by atoms with Crippen LogP contribution >= 0.6 is 0 Å². The average molecular weight is 669 g/mol. The summed E-state index contributed by atoms with van der Waals surface area (Å²) >= 11 is 0. The van der Waals surface area contributed by atoms with Gasteiger partial charge in [0.2, 0.25) is 0 Å². The predicted molar refractivity (Wildman–Crippen MR) is 209 cm³/mol. The molecule has 0 N–H and O–H groups in total. The molecule has 2 nitrogen and oxygen atoms in total. The van der Waals surface area contributed by atoms with Crippen LogP contribution in [-0.4, -0.2) is 0 Å². The molecule has 0 spiro atoms. The molecule has 0 radical (unpaired) electrons. The monoisotopic (exact) mass is 668 g/mol. The Labute approximate surface area is 328 Å². The van der Waals surface area contributed by atoms with Crippen molar-refractivity contribution in [2.75, 3.05) is 4.90 Å². The van der Waals surface area contributed by atoms with Gasteiger partial charge in [-0.15, -0.1) is 0 Å². The second-order valence-corrected chi connectivity index (χ2v) is 12.2. The Morgan fingerprint density at radius 3 is 2.14 bits per heavy atom. The van der Waals surface area contributed by atoms with E-state index < -0.39 is 178 Å². The Balaban J connectivity index is 1.42. The molecule has 1 aromatic heterocycles. The van der Waals surface area contributed by atoms with Crippen LogP contribution in [0, 0.1) is 0 Å². The van der Waals surface area contributed by atoms with E-state index in [1.54, 1.807) is 36.4 Å². The number of nitrogens with zero attached hydrogens (tertiary/aromatic N) is 1. The molecule has 0 aliphatic heterocycles. The smallest absolute Gasteiger partial charge is 0.143 e. The SMILES string of the molecule is [2H]c1cc2c(c([2H])c1[2H])-c1c(cc([2H])c(N(c3c([2H])cc(-c4cccc5c4oc4ccccc45)cc3[2H])c3c([2H])c([2H])cc4c3-c3c([2H])c([2H])c([2H])c([2H])c3C4(C([2H])([2H])[2H])C([2H])([2H])[2H])c1[2H])C2(C([2H])([2H])[2H])C([2H])([2H])[2H]. The normalized spacial score (nSPS) is 22.9. The zero-order valence-electron chi connectivity index (χ0n) is 50.8. The fourth-order valence-electron chi connectivity index (χ4n) is 7.07. The molecule has 0 bridgehead atoms. The lowest BCUT2D eigenvalue weighted by atomic mass is 9.82. The molecule has 2 aliphatic rings. The van der Waals surface area contributed by atoms with Gasteiger partial charge in [-0.2, -0.15) is 0 Å². The topological polar surface area (TPSA) is 16.4 Å². The lowest BCUT2D eigenvalue weighted by Crippen LogP contribution is -2.16. The van der Waals surface area contributed by atoms with Crippen LogP contribution in [0.3, 0.4) is 0 Å². The lowest BCUT2D eigenvalue weighted by molar-refractivity contribution is 0.660. The van der Waals surface area contributed by atoms with Crippen LogP contribution in [0.25, 0.3) is 55.3 Å². The van der Waals surface area contributed by atoms with E-state index in [0.717, 1.165) is 17.5 Å². The summed E-state index contributed by atoms with van der Waals surface area (Å²) in [6.45, 7) is -14.7. The average Bonchev–Trinajstić information content (AvgIpc) is 4.06. The number of para-hydroxylation sites is 2. The van der Waals surface area contributed by atoms with E-state index in [0.29, 0.717) is 33.1 Å². The molecule has 50 heavy (non-hydrogen) atoms. The number of hydrogen-bond acceptors (Lipinski definition) is 2. The predicted octanol–water partition coefficient (Wildman–Crippen LogP) is 13.3. The number of furan rings is 1. The number of benzene rings is 7. The first-order valence-corrected chi connectivity index (χ1v) is 15.5. The van der Waals surface area contributed by atoms with Crippen molar-refractivity contribution in [3.63, 3.8) is 0 Å². The van der Waals surface area contributed by atoms with Crippen molar-refractivity contribution >= 4 is 39.0 Å². The maximum absolute atomic E-state index is 10.1. The van der Waals surface area contributed by atoms with Gasteiger partial charge >= 0.3 is 0 Å². The summed E-state index contributed by atoms with van der Waals surface area (Å²) in [6, 6.07) is 5.11. The van der Waals surface area contributed by atoms with E-state index in [9.17, 15) is 9.60 Å². The van der Waals surface area contributed by atoms with Gasteiger partial charge in [0, 0.05) is 60.6 Å². The molecular weight excluding hydrogens is 607 g/mol. The Hall–Kier alpha value is -5.86. The van der Waals surface area contributed by atoms with E-state index in [-0.39, 0.29) is 5.56 Å². The molecule has 240 valence electrons. The van der Waals surface area contributed by atoms with Crippen LogP contribution in [0.1, 0.15) is 83.9 Å². The Morgan fingerprint density at radius 2 is 1.26 bits per heavy atom. The molecule has 0 saturated heterocycles. The maximum atomic E-state index is 10.1. The van der Waals surface area contributed by atoms with Crippen molar-refractivity contribution in [1.82, 2.24) is 0 Å². The first-order valence-electron chi connectivity index (χ1n) is 28.0. The fourth-order valence-corrected chi connectivity index (χ4v) is 7.07. The van der Waals surface area contributed by atoms with E-state index in [1.165, 1.54) is 12.1 Å². The summed E-state index contributed by atoms with van der Waals surface area (Å²) in [7, 11) is 0. The van der Waals surface area contributed by atoms with Crippen molar-refractivity contribution in [3.05, 3.63) is 174 Å². The second kappa shape index (κ2) is 10.3. The number of anilines is 3. The molecule has 7 aromatic carbocycles. The lowest BCUT2D eigenvalue weighted by Gasteiger charge is -2.30. The van der Waals surface area contributed by atoms with Gasteiger partial charge in [0.25, 0.3) is 0 Å². The Kier molecular flexibility index (Phi) is 2.78. The standard InChI is InChI=1S/C48H37NO/c1-47(2)39-18-8-5-13-34(39)38-29-32(27-28-41(38)47)49(43-21-12-20-42-45(43)37-15-6-9-19-40(37)48(42,3)4)31-25-23-30(24-26-31)33-16-11-17-36-35-14-7-10-22-44(35)50-46(33)36/h5-29H,1-4H3/i1D3,2D3,3D3,4D3,5D,6D,8D,9D,12D,13D,15D,19D,21D,25D,26D,27D,29D. The summed E-state index contributed by atoms with van der Waals surface area (Å²) in [5.74, 6) is 0. The van der Waals surface area contributed by atoms with Crippen molar-refractivity contribution < 1.29 is 38.7 Å². The van der Waals surface area contributed by atoms with E-state index in [2.05, 4.69) is 0 Å². The molecular formula is C48H37NO. The van der Waals surface area contributed by atoms with Crippen molar-refractivity contribution in [2.45, 2.75) is 38.2 Å². The summed E-state index contributed by atoms with van der Waals surface area (Å²) in [4.78, 5) is 0.703. The van der Waals surface area contributed by atoms with Gasteiger partial charge in [0.05, 0.1) is 23.5 Å². The molecule has 0 unspecified atom stereocenters. The van der Waals surface area contributed by atoms with Gasteiger partial charge in [-0.05, 0) is 80.8 Å². The van der Waals surface area contributed by atoms with Crippen molar-refractivity contribution in [2.24, 2.45) is 0 Å². The number of rotatable bonds is 4. The molecule has 2 heteroatoms. The third kappa shape index (κ3) is 3.96. The first-order chi connectivity index (χ1) is 34.7. The molecule has 0 amide bonds. The van der Waals surface area contributed by atoms with Crippen LogP contribution in [-0.2, 0) is 10.8 Å². The summed E-state index contributed by atoms with van der Waals surface area (Å²) in [5, 5.41) is 1.40. The molecule has 0 fully saturated rings. The zero-order chi connectivity index (χ0) is 55.1. The van der Waals surface area contributed by atoms with Gasteiger partial charge in [0.1, 0.15) is 11.2 Å². The van der Waals surface area contributed by atoms with Crippen LogP contribution in [0.4, 0.5) is 17.1 Å².